The van der Waals surface area contributed by atoms with Crippen molar-refractivity contribution in [2.75, 3.05) is 38.5 Å². The van der Waals surface area contributed by atoms with E-state index in [1.165, 1.54) is 0 Å². The minimum absolute atomic E-state index is 0.0256. The number of carbonyl (C=O) groups is 1. The summed E-state index contributed by atoms with van der Waals surface area (Å²) in [5.74, 6) is 1.15. The van der Waals surface area contributed by atoms with Crippen LogP contribution in [0.5, 0.6) is 0 Å². The van der Waals surface area contributed by atoms with Crippen LogP contribution in [0.4, 0.5) is 0 Å². The van der Waals surface area contributed by atoms with Crippen molar-refractivity contribution in [1.82, 2.24) is 19.4 Å². The van der Waals surface area contributed by atoms with Gasteiger partial charge >= 0.3 is 0 Å². The standard InChI is InChI=1S/C17H26N4O2S/c1-4-19-5-7-20(8-6-19)15(22)9-13-11-24-17-18-14(12(2)3)10-16(23)21(13)17/h10,12-13H,4-9,11H2,1-3H3. The zero-order valence-electron chi connectivity index (χ0n) is 14.7. The van der Waals surface area contributed by atoms with Crippen molar-refractivity contribution >= 4 is 17.7 Å². The molecule has 24 heavy (non-hydrogen) atoms. The topological polar surface area (TPSA) is 58.4 Å². The van der Waals surface area contributed by atoms with Crippen molar-refractivity contribution in [2.45, 2.75) is 44.3 Å². The van der Waals surface area contributed by atoms with Gasteiger partial charge in [-0.1, -0.05) is 32.5 Å². The van der Waals surface area contributed by atoms with Crippen LogP contribution in [0, 0.1) is 0 Å². The Bertz CT molecular complexity index is 665. The normalized spacial score (nSPS) is 21.3. The zero-order chi connectivity index (χ0) is 17.3. The van der Waals surface area contributed by atoms with Gasteiger partial charge < -0.3 is 9.80 Å². The molecule has 0 N–H and O–H groups in total. The van der Waals surface area contributed by atoms with E-state index in [2.05, 4.69) is 16.8 Å². The van der Waals surface area contributed by atoms with Gasteiger partial charge in [-0.2, -0.15) is 0 Å². The van der Waals surface area contributed by atoms with Crippen LogP contribution in [0.1, 0.15) is 44.8 Å². The van der Waals surface area contributed by atoms with Crippen LogP contribution in [-0.2, 0) is 4.79 Å². The van der Waals surface area contributed by atoms with E-state index >= 15 is 0 Å². The van der Waals surface area contributed by atoms with E-state index in [9.17, 15) is 9.59 Å². The summed E-state index contributed by atoms with van der Waals surface area (Å²) in [6, 6.07) is 1.56. The van der Waals surface area contributed by atoms with E-state index in [1.54, 1.807) is 22.4 Å². The third kappa shape index (κ3) is 3.52. The predicted octanol–water partition coefficient (Wildman–Crippen LogP) is 1.57. The molecule has 2 aliphatic heterocycles. The summed E-state index contributed by atoms with van der Waals surface area (Å²) in [5, 5.41) is 0.764. The summed E-state index contributed by atoms with van der Waals surface area (Å²) < 4.78 is 1.72. The number of thioether (sulfide) groups is 1. The molecular weight excluding hydrogens is 324 g/mol. The number of nitrogens with zero attached hydrogens (tertiary/aromatic N) is 4. The maximum atomic E-state index is 12.6. The summed E-state index contributed by atoms with van der Waals surface area (Å²) in [6.07, 6.45) is 0.398. The first-order chi connectivity index (χ1) is 11.5. The number of rotatable bonds is 4. The third-order valence-corrected chi connectivity index (χ3v) is 5.98. The van der Waals surface area contributed by atoms with Gasteiger partial charge in [-0.3, -0.25) is 14.2 Å². The molecule has 1 unspecified atom stereocenters. The molecule has 1 fully saturated rings. The van der Waals surface area contributed by atoms with Crippen LogP contribution in [0.2, 0.25) is 0 Å². The summed E-state index contributed by atoms with van der Waals surface area (Å²) >= 11 is 1.59. The van der Waals surface area contributed by atoms with E-state index in [0.717, 1.165) is 49.3 Å². The molecule has 1 aromatic rings. The first-order valence-corrected chi connectivity index (χ1v) is 9.74. The van der Waals surface area contributed by atoms with Gasteiger partial charge in [-0.25, -0.2) is 4.98 Å². The minimum Gasteiger partial charge on any atom is -0.340 e. The third-order valence-electron chi connectivity index (χ3n) is 4.88. The number of piperazine rings is 1. The van der Waals surface area contributed by atoms with Gasteiger partial charge in [0.2, 0.25) is 5.91 Å². The molecule has 0 aromatic carbocycles. The van der Waals surface area contributed by atoms with Crippen LogP contribution in [0.3, 0.4) is 0 Å². The van der Waals surface area contributed by atoms with Gasteiger partial charge in [0, 0.05) is 44.4 Å². The summed E-state index contributed by atoms with van der Waals surface area (Å²) in [6.45, 7) is 10.7. The van der Waals surface area contributed by atoms with Crippen LogP contribution in [-0.4, -0.2) is 63.7 Å². The fourth-order valence-electron chi connectivity index (χ4n) is 3.26. The molecule has 0 bridgehead atoms. The largest absolute Gasteiger partial charge is 0.340 e. The predicted molar refractivity (Wildman–Crippen MR) is 95.7 cm³/mol. The van der Waals surface area contributed by atoms with Crippen LogP contribution < -0.4 is 5.56 Å². The van der Waals surface area contributed by atoms with E-state index in [-0.39, 0.29) is 23.4 Å². The molecule has 2 aliphatic rings. The number of hydrogen-bond acceptors (Lipinski definition) is 5. The zero-order valence-corrected chi connectivity index (χ0v) is 15.5. The highest BCUT2D eigenvalue weighted by Gasteiger charge is 2.30. The molecule has 0 saturated carbocycles. The minimum atomic E-state index is -0.0667. The Balaban J connectivity index is 1.69. The Labute approximate surface area is 147 Å². The lowest BCUT2D eigenvalue weighted by molar-refractivity contribution is -0.133. The number of hydrogen-bond donors (Lipinski definition) is 0. The molecule has 0 spiro atoms. The molecule has 0 aliphatic carbocycles. The van der Waals surface area contributed by atoms with Gasteiger partial charge in [-0.05, 0) is 12.5 Å². The number of aromatic nitrogens is 2. The van der Waals surface area contributed by atoms with Gasteiger partial charge in [-0.15, -0.1) is 0 Å². The fourth-order valence-corrected chi connectivity index (χ4v) is 4.42. The molecule has 1 saturated heterocycles. The lowest BCUT2D eigenvalue weighted by Gasteiger charge is -2.34. The second kappa shape index (κ2) is 7.27. The van der Waals surface area contributed by atoms with Gasteiger partial charge in [0.15, 0.2) is 5.16 Å². The molecule has 1 aromatic heterocycles. The molecule has 3 rings (SSSR count). The summed E-state index contributed by atoms with van der Waals surface area (Å²) in [7, 11) is 0. The molecular formula is C17H26N4O2S. The summed E-state index contributed by atoms with van der Waals surface area (Å²) in [5.41, 5.74) is 0.809. The molecule has 3 heterocycles. The Kier molecular flexibility index (Phi) is 5.30. The van der Waals surface area contributed by atoms with E-state index < -0.39 is 0 Å². The Morgan fingerprint density at radius 2 is 2.04 bits per heavy atom. The highest BCUT2D eigenvalue weighted by molar-refractivity contribution is 7.99. The first kappa shape index (κ1) is 17.5. The van der Waals surface area contributed by atoms with Crippen LogP contribution in [0.15, 0.2) is 16.0 Å². The second-order valence-electron chi connectivity index (χ2n) is 6.81. The Morgan fingerprint density at radius 1 is 1.33 bits per heavy atom. The van der Waals surface area contributed by atoms with E-state index in [0.29, 0.717) is 6.42 Å². The average molecular weight is 350 g/mol. The SMILES string of the molecule is CCN1CCN(C(=O)CC2CSc3nc(C(C)C)cc(=O)n32)CC1. The average Bonchev–Trinajstić information content (AvgIpc) is 2.98. The van der Waals surface area contributed by atoms with Gasteiger partial charge in [0.25, 0.3) is 5.56 Å². The lowest BCUT2D eigenvalue weighted by Crippen LogP contribution is -2.49. The Hall–Kier alpha value is -1.34. The molecule has 6 nitrogen and oxygen atoms in total. The van der Waals surface area contributed by atoms with Crippen molar-refractivity contribution in [3.63, 3.8) is 0 Å². The second-order valence-corrected chi connectivity index (χ2v) is 7.80. The van der Waals surface area contributed by atoms with Crippen LogP contribution in [0.25, 0.3) is 0 Å². The first-order valence-electron chi connectivity index (χ1n) is 8.76. The van der Waals surface area contributed by atoms with Gasteiger partial charge in [0.1, 0.15) is 0 Å². The van der Waals surface area contributed by atoms with Crippen molar-refractivity contribution in [3.05, 3.63) is 22.1 Å². The number of likely N-dealkylation sites (N-methyl/N-ethyl adjacent to an activating group) is 1. The molecule has 0 radical (unpaired) electrons. The lowest BCUT2D eigenvalue weighted by atomic mass is 10.1. The maximum absolute atomic E-state index is 12.6. The molecule has 7 heteroatoms. The van der Waals surface area contributed by atoms with E-state index in [4.69, 9.17) is 0 Å². The highest BCUT2D eigenvalue weighted by atomic mass is 32.2. The van der Waals surface area contributed by atoms with Gasteiger partial charge in [0.05, 0.1) is 11.7 Å². The van der Waals surface area contributed by atoms with Crippen molar-refractivity contribution in [2.24, 2.45) is 0 Å². The van der Waals surface area contributed by atoms with Crippen molar-refractivity contribution < 1.29 is 4.79 Å². The quantitative estimate of drug-likeness (QED) is 0.772. The highest BCUT2D eigenvalue weighted by Crippen LogP contribution is 2.33. The maximum Gasteiger partial charge on any atom is 0.254 e. The van der Waals surface area contributed by atoms with Crippen molar-refractivity contribution in [3.8, 4) is 0 Å². The molecule has 1 amide bonds. The molecule has 132 valence electrons. The van der Waals surface area contributed by atoms with E-state index in [1.807, 2.05) is 18.7 Å². The number of carbonyl (C=O) groups excluding carboxylic acids is 1. The number of amides is 1. The number of fused-ring (bicyclic) bond motifs is 1. The van der Waals surface area contributed by atoms with Crippen LogP contribution >= 0.6 is 11.8 Å². The molecule has 1 atom stereocenters. The summed E-state index contributed by atoms with van der Waals surface area (Å²) in [4.78, 5) is 34.0. The van der Waals surface area contributed by atoms with Crippen molar-refractivity contribution in [1.29, 1.82) is 0 Å². The smallest absolute Gasteiger partial charge is 0.254 e. The monoisotopic (exact) mass is 350 g/mol. The fraction of sp³-hybridized carbons (Fsp3) is 0.706. The Morgan fingerprint density at radius 3 is 2.67 bits per heavy atom.